The van der Waals surface area contributed by atoms with Crippen LogP contribution < -0.4 is 4.31 Å². The second-order valence-electron chi connectivity index (χ2n) is 4.76. The normalized spacial score (nSPS) is 14.6. The minimum atomic E-state index is -3.47. The maximum absolute atomic E-state index is 12.8. The molecule has 1 aliphatic rings. The third-order valence-corrected chi connectivity index (χ3v) is 7.43. The number of thiophene rings is 1. The van der Waals surface area contributed by atoms with E-state index in [1.165, 1.54) is 15.6 Å². The van der Waals surface area contributed by atoms with Crippen molar-refractivity contribution in [3.63, 3.8) is 0 Å². The summed E-state index contributed by atoms with van der Waals surface area (Å²) >= 11 is 7.10. The molecule has 2 aromatic rings. The Morgan fingerprint density at radius 3 is 2.80 bits per heavy atom. The Morgan fingerprint density at radius 1 is 1.35 bits per heavy atom. The van der Waals surface area contributed by atoms with Crippen molar-refractivity contribution < 1.29 is 8.42 Å². The molecule has 1 aromatic heterocycles. The monoisotopic (exact) mass is 327 g/mol. The molecule has 0 aliphatic carbocycles. The number of alkyl halides is 1. The van der Waals surface area contributed by atoms with Crippen molar-refractivity contribution in [2.45, 2.75) is 23.4 Å². The lowest BCUT2D eigenvalue weighted by Crippen LogP contribution is -2.28. The highest BCUT2D eigenvalue weighted by molar-refractivity contribution is 7.94. The molecule has 0 unspecified atom stereocenters. The minimum Gasteiger partial charge on any atom is -0.265 e. The lowest BCUT2D eigenvalue weighted by molar-refractivity contribution is 0.594. The fraction of sp³-hybridized carbons (Fsp3) is 0.286. The first kappa shape index (κ1) is 13.9. The number of anilines is 1. The Labute approximate surface area is 127 Å². The lowest BCUT2D eigenvalue weighted by Gasteiger charge is -2.18. The molecular weight excluding hydrogens is 314 g/mol. The van der Waals surface area contributed by atoms with E-state index in [9.17, 15) is 8.42 Å². The van der Waals surface area contributed by atoms with Gasteiger partial charge in [0.05, 0.1) is 11.6 Å². The first-order chi connectivity index (χ1) is 9.54. The number of aryl methyl sites for hydroxylation is 1. The Kier molecular flexibility index (Phi) is 3.52. The van der Waals surface area contributed by atoms with E-state index >= 15 is 0 Å². The third-order valence-electron chi connectivity index (χ3n) is 3.51. The molecule has 0 saturated heterocycles. The highest BCUT2D eigenvalue weighted by Crippen LogP contribution is 2.36. The van der Waals surface area contributed by atoms with Crippen LogP contribution in [-0.4, -0.2) is 15.0 Å². The molecule has 1 aromatic carbocycles. The predicted molar refractivity (Wildman–Crippen MR) is 83.3 cm³/mol. The summed E-state index contributed by atoms with van der Waals surface area (Å²) in [5, 5.41) is 0. The number of nitrogens with zero attached hydrogens (tertiary/aromatic N) is 1. The van der Waals surface area contributed by atoms with Gasteiger partial charge in [-0.3, -0.25) is 4.31 Å². The molecule has 2 heterocycles. The fourth-order valence-corrected chi connectivity index (χ4v) is 5.85. The van der Waals surface area contributed by atoms with Gasteiger partial charge >= 0.3 is 0 Å². The molecular formula is C14H14ClNO2S2. The molecule has 3 nitrogen and oxygen atoms in total. The molecule has 0 atom stereocenters. The maximum Gasteiger partial charge on any atom is 0.273 e. The highest BCUT2D eigenvalue weighted by atomic mass is 35.5. The number of para-hydroxylation sites is 1. The van der Waals surface area contributed by atoms with Gasteiger partial charge in [0.25, 0.3) is 10.0 Å². The van der Waals surface area contributed by atoms with E-state index in [4.69, 9.17) is 11.6 Å². The number of halogens is 1. The van der Waals surface area contributed by atoms with E-state index in [-0.39, 0.29) is 0 Å². The van der Waals surface area contributed by atoms with Gasteiger partial charge in [0.1, 0.15) is 4.21 Å². The van der Waals surface area contributed by atoms with Crippen LogP contribution in [0.15, 0.2) is 34.5 Å². The Hall–Kier alpha value is -1.04. The molecule has 0 radical (unpaired) electrons. The molecule has 3 rings (SSSR count). The molecule has 0 spiro atoms. The second-order valence-corrected chi connectivity index (χ2v) is 8.25. The average Bonchev–Trinajstić information content (AvgIpc) is 3.02. The summed E-state index contributed by atoms with van der Waals surface area (Å²) in [5.74, 6) is 0.350. The van der Waals surface area contributed by atoms with Crippen LogP contribution >= 0.6 is 22.9 Å². The number of benzene rings is 1. The van der Waals surface area contributed by atoms with Crippen LogP contribution in [0.25, 0.3) is 0 Å². The van der Waals surface area contributed by atoms with Crippen LogP contribution in [0, 0.1) is 6.92 Å². The van der Waals surface area contributed by atoms with Gasteiger partial charge in [0, 0.05) is 11.4 Å². The number of hydrogen-bond donors (Lipinski definition) is 0. The standard InChI is InChI=1S/C14H14ClNO2S2/c1-10-8-14(19-13(10)9-15)20(17,18)16-7-6-11-4-2-3-5-12(11)16/h2-5,8H,6-7,9H2,1H3. The van der Waals surface area contributed by atoms with Crippen LogP contribution in [-0.2, 0) is 22.3 Å². The van der Waals surface area contributed by atoms with Crippen molar-refractivity contribution in [2.75, 3.05) is 10.8 Å². The summed E-state index contributed by atoms with van der Waals surface area (Å²) in [6, 6.07) is 9.38. The largest absolute Gasteiger partial charge is 0.273 e. The summed E-state index contributed by atoms with van der Waals surface area (Å²) in [4.78, 5) is 0.915. The van der Waals surface area contributed by atoms with Crippen LogP contribution in [0.1, 0.15) is 16.0 Å². The van der Waals surface area contributed by atoms with E-state index in [2.05, 4.69) is 0 Å². The van der Waals surface area contributed by atoms with E-state index in [1.807, 2.05) is 31.2 Å². The summed E-state index contributed by atoms with van der Waals surface area (Å²) in [6.45, 7) is 2.40. The summed E-state index contributed by atoms with van der Waals surface area (Å²) in [7, 11) is -3.47. The number of fused-ring (bicyclic) bond motifs is 1. The summed E-state index contributed by atoms with van der Waals surface area (Å²) in [5.41, 5.74) is 2.82. The Bertz CT molecular complexity index is 752. The van der Waals surface area contributed by atoms with Gasteiger partial charge in [-0.25, -0.2) is 8.42 Å². The molecule has 0 saturated carbocycles. The SMILES string of the molecule is Cc1cc(S(=O)(=O)N2CCc3ccccc32)sc1CCl. The lowest BCUT2D eigenvalue weighted by atomic mass is 10.2. The summed E-state index contributed by atoms with van der Waals surface area (Å²) < 4.78 is 27.4. The molecule has 0 amide bonds. The Morgan fingerprint density at radius 2 is 2.10 bits per heavy atom. The van der Waals surface area contributed by atoms with Crippen molar-refractivity contribution >= 4 is 38.6 Å². The van der Waals surface area contributed by atoms with E-state index in [0.717, 1.165) is 28.1 Å². The van der Waals surface area contributed by atoms with Gasteiger partial charge in [-0.2, -0.15) is 0 Å². The molecule has 1 aliphatic heterocycles. The first-order valence-electron chi connectivity index (χ1n) is 6.30. The van der Waals surface area contributed by atoms with Gasteiger partial charge in [-0.05, 0) is 36.6 Å². The zero-order chi connectivity index (χ0) is 14.3. The van der Waals surface area contributed by atoms with Crippen LogP contribution in [0.3, 0.4) is 0 Å². The van der Waals surface area contributed by atoms with E-state index in [1.54, 1.807) is 6.07 Å². The maximum atomic E-state index is 12.8. The van der Waals surface area contributed by atoms with E-state index < -0.39 is 10.0 Å². The Balaban J connectivity index is 2.05. The van der Waals surface area contributed by atoms with Gasteiger partial charge in [0.2, 0.25) is 0 Å². The van der Waals surface area contributed by atoms with Crippen molar-refractivity contribution in [2.24, 2.45) is 0 Å². The molecule has 20 heavy (non-hydrogen) atoms. The quantitative estimate of drug-likeness (QED) is 0.808. The van der Waals surface area contributed by atoms with Crippen LogP contribution in [0.5, 0.6) is 0 Å². The smallest absolute Gasteiger partial charge is 0.265 e. The molecule has 0 N–H and O–H groups in total. The predicted octanol–water partition coefficient (Wildman–Crippen LogP) is 3.55. The molecule has 0 fully saturated rings. The third kappa shape index (κ3) is 2.14. The minimum absolute atomic E-state index is 0.350. The zero-order valence-corrected chi connectivity index (χ0v) is 13.4. The number of hydrogen-bond acceptors (Lipinski definition) is 3. The number of sulfonamides is 1. The summed E-state index contributed by atoms with van der Waals surface area (Å²) in [6.07, 6.45) is 0.766. The second kappa shape index (κ2) is 5.06. The first-order valence-corrected chi connectivity index (χ1v) is 9.09. The van der Waals surface area contributed by atoms with Crippen molar-refractivity contribution in [3.05, 3.63) is 46.3 Å². The zero-order valence-electron chi connectivity index (χ0n) is 11.0. The topological polar surface area (TPSA) is 37.4 Å². The van der Waals surface area contributed by atoms with Crippen molar-refractivity contribution in [3.8, 4) is 0 Å². The fourth-order valence-electron chi connectivity index (χ4n) is 2.41. The van der Waals surface area contributed by atoms with E-state index in [0.29, 0.717) is 16.6 Å². The van der Waals surface area contributed by atoms with Crippen LogP contribution in [0.4, 0.5) is 5.69 Å². The van der Waals surface area contributed by atoms with Gasteiger partial charge < -0.3 is 0 Å². The van der Waals surface area contributed by atoms with Crippen molar-refractivity contribution in [1.82, 2.24) is 0 Å². The average molecular weight is 328 g/mol. The highest BCUT2D eigenvalue weighted by Gasteiger charge is 2.32. The van der Waals surface area contributed by atoms with Gasteiger partial charge in [0.15, 0.2) is 0 Å². The van der Waals surface area contributed by atoms with Gasteiger partial charge in [-0.1, -0.05) is 18.2 Å². The molecule has 0 bridgehead atoms. The molecule has 106 valence electrons. The van der Waals surface area contributed by atoms with Gasteiger partial charge in [-0.15, -0.1) is 22.9 Å². The van der Waals surface area contributed by atoms with Crippen LogP contribution in [0.2, 0.25) is 0 Å². The number of rotatable bonds is 3. The molecule has 6 heteroatoms. The van der Waals surface area contributed by atoms with Crippen molar-refractivity contribution in [1.29, 1.82) is 0 Å².